The number of fused-ring (bicyclic) bond motifs is 5. The summed E-state index contributed by atoms with van der Waals surface area (Å²) in [7, 11) is 4.13. The zero-order chi connectivity index (χ0) is 22.8. The molecule has 4 aliphatic carbocycles. The Morgan fingerprint density at radius 2 is 1.72 bits per heavy atom. The second-order valence-electron chi connectivity index (χ2n) is 12.3. The van der Waals surface area contributed by atoms with Crippen LogP contribution in [-0.4, -0.2) is 35.8 Å². The van der Waals surface area contributed by atoms with E-state index in [2.05, 4.69) is 50.2 Å². The molecular weight excluding hydrogens is 400 g/mol. The molecule has 0 radical (unpaired) electrons. The van der Waals surface area contributed by atoms with Gasteiger partial charge in [0.1, 0.15) is 0 Å². The van der Waals surface area contributed by atoms with Gasteiger partial charge in [-0.3, -0.25) is 10.1 Å². The van der Waals surface area contributed by atoms with Gasteiger partial charge in [0.05, 0.1) is 5.60 Å². The van der Waals surface area contributed by atoms with E-state index >= 15 is 0 Å². The van der Waals surface area contributed by atoms with Gasteiger partial charge in [0, 0.05) is 36.5 Å². The van der Waals surface area contributed by atoms with Crippen LogP contribution in [0.1, 0.15) is 76.7 Å². The van der Waals surface area contributed by atoms with E-state index in [0.29, 0.717) is 35.5 Å². The van der Waals surface area contributed by atoms with E-state index in [1.807, 2.05) is 6.92 Å². The van der Waals surface area contributed by atoms with Crippen LogP contribution in [0.3, 0.4) is 0 Å². The van der Waals surface area contributed by atoms with Crippen molar-refractivity contribution in [2.24, 2.45) is 35.0 Å². The number of hydrogen-bond donors (Lipinski definition) is 1. The van der Waals surface area contributed by atoms with Gasteiger partial charge in [-0.05, 0) is 105 Å². The Bertz CT molecular complexity index is 866. The first kappa shape index (κ1) is 22.2. The lowest BCUT2D eigenvalue weighted by atomic mass is 9.46. The van der Waals surface area contributed by atoms with Crippen molar-refractivity contribution in [2.45, 2.75) is 82.8 Å². The molecule has 4 aliphatic rings. The van der Waals surface area contributed by atoms with Crippen LogP contribution in [-0.2, 0) is 0 Å². The van der Waals surface area contributed by atoms with E-state index in [-0.39, 0.29) is 10.3 Å². The molecule has 1 aromatic carbocycles. The van der Waals surface area contributed by atoms with Gasteiger partial charge in [0.15, 0.2) is 0 Å². The summed E-state index contributed by atoms with van der Waals surface area (Å²) in [5.74, 6) is 3.28. The molecule has 0 aromatic heterocycles. The Balaban J connectivity index is 1.54. The van der Waals surface area contributed by atoms with E-state index in [0.717, 1.165) is 38.5 Å². The van der Waals surface area contributed by atoms with Crippen molar-refractivity contribution >= 4 is 5.69 Å². The van der Waals surface area contributed by atoms with E-state index < -0.39 is 11.6 Å². The third-order valence-electron chi connectivity index (χ3n) is 10.3. The molecule has 176 valence electrons. The Morgan fingerprint density at radius 1 is 1.00 bits per heavy atom. The van der Waals surface area contributed by atoms with Crippen LogP contribution < -0.4 is 4.90 Å². The lowest BCUT2D eigenvalue weighted by Crippen LogP contribution is -2.54. The number of rotatable bonds is 3. The van der Waals surface area contributed by atoms with Crippen molar-refractivity contribution in [1.82, 2.24) is 0 Å². The fraction of sp³-hybridized carbons (Fsp3) is 0.778. The molecule has 5 nitrogen and oxygen atoms in total. The van der Waals surface area contributed by atoms with Crippen LogP contribution in [0.2, 0.25) is 0 Å². The molecule has 4 fully saturated rings. The highest BCUT2D eigenvalue weighted by molar-refractivity contribution is 5.47. The molecule has 1 aromatic rings. The largest absolute Gasteiger partial charge is 0.390 e. The zero-order valence-electron chi connectivity index (χ0n) is 20.2. The lowest BCUT2D eigenvalue weighted by molar-refractivity contribution is -0.540. The van der Waals surface area contributed by atoms with E-state index in [9.17, 15) is 15.2 Å². The van der Waals surface area contributed by atoms with Crippen LogP contribution >= 0.6 is 0 Å². The van der Waals surface area contributed by atoms with Crippen LogP contribution in [0, 0.1) is 45.1 Å². The molecule has 0 amide bonds. The van der Waals surface area contributed by atoms with Crippen molar-refractivity contribution in [1.29, 1.82) is 0 Å². The highest BCUT2D eigenvalue weighted by Crippen LogP contribution is 2.66. The minimum Gasteiger partial charge on any atom is -0.390 e. The first-order valence-electron chi connectivity index (χ1n) is 12.7. The second kappa shape index (κ2) is 7.72. The van der Waals surface area contributed by atoms with Crippen molar-refractivity contribution in [2.75, 3.05) is 19.0 Å². The average Bonchev–Trinajstić information content (AvgIpc) is 3.09. The molecular formula is C27H40N2O3. The normalized spacial score (nSPS) is 45.5. The number of nitrogens with zero attached hydrogens (tertiary/aromatic N) is 2. The van der Waals surface area contributed by atoms with E-state index in [1.165, 1.54) is 24.1 Å². The second-order valence-corrected chi connectivity index (χ2v) is 12.3. The van der Waals surface area contributed by atoms with Gasteiger partial charge in [0.2, 0.25) is 6.04 Å². The third kappa shape index (κ3) is 3.46. The minimum atomic E-state index is -0.524. The summed E-state index contributed by atoms with van der Waals surface area (Å²) in [4.78, 5) is 14.2. The quantitative estimate of drug-likeness (QED) is 0.498. The monoisotopic (exact) mass is 440 g/mol. The van der Waals surface area contributed by atoms with Gasteiger partial charge in [-0.25, -0.2) is 0 Å². The van der Waals surface area contributed by atoms with Crippen LogP contribution in [0.5, 0.6) is 0 Å². The van der Waals surface area contributed by atoms with Gasteiger partial charge in [-0.2, -0.15) is 0 Å². The summed E-state index contributed by atoms with van der Waals surface area (Å²) in [6, 6.07) is 8.61. The topological polar surface area (TPSA) is 66.6 Å². The predicted octanol–water partition coefficient (Wildman–Crippen LogP) is 5.50. The molecule has 0 spiro atoms. The van der Waals surface area contributed by atoms with Crippen molar-refractivity contribution in [3.8, 4) is 0 Å². The summed E-state index contributed by atoms with van der Waals surface area (Å²) in [6.07, 6.45) is 7.98. The number of aliphatic hydroxyl groups is 1. The molecule has 0 aliphatic heterocycles. The summed E-state index contributed by atoms with van der Waals surface area (Å²) in [5, 5.41) is 22.8. The van der Waals surface area contributed by atoms with E-state index in [1.54, 1.807) is 0 Å². The Morgan fingerprint density at radius 3 is 2.38 bits per heavy atom. The average molecular weight is 441 g/mol. The molecule has 32 heavy (non-hydrogen) atoms. The zero-order valence-corrected chi connectivity index (χ0v) is 20.2. The van der Waals surface area contributed by atoms with Gasteiger partial charge in [0.25, 0.3) is 0 Å². The molecule has 0 bridgehead atoms. The van der Waals surface area contributed by atoms with Crippen LogP contribution in [0.15, 0.2) is 24.3 Å². The van der Waals surface area contributed by atoms with Crippen molar-refractivity contribution < 1.29 is 10.0 Å². The maximum atomic E-state index is 12.1. The SMILES string of the molecule is CN(C)c1ccc(C2C[C@@]3(C)C(CC[C@@H]3[N+](=O)[O-])C3CC[C@H]4C[C@](C)(O)CCC4C23)cc1. The number of nitro groups is 1. The number of anilines is 1. The van der Waals surface area contributed by atoms with E-state index in [4.69, 9.17) is 0 Å². The van der Waals surface area contributed by atoms with Crippen molar-refractivity contribution in [3.63, 3.8) is 0 Å². The Labute approximate surface area is 192 Å². The predicted molar refractivity (Wildman–Crippen MR) is 127 cm³/mol. The first-order valence-corrected chi connectivity index (χ1v) is 12.7. The standard InChI is InChI=1S/C27H40N2O3/c1-26(30)14-13-20-18(15-26)7-10-21-23-11-12-24(29(31)32)27(23,2)16-22(25(20)21)17-5-8-19(9-6-17)28(3)4/h5-6,8-9,18,20-25,30H,7,10-16H2,1-4H3/t18-,20?,21?,22?,23?,24-,25?,26+,27-/m0/s1. The maximum absolute atomic E-state index is 12.1. The fourth-order valence-electron chi connectivity index (χ4n) is 8.89. The molecule has 5 heteroatoms. The minimum absolute atomic E-state index is 0.0377. The molecule has 5 unspecified atom stereocenters. The number of benzene rings is 1. The fourth-order valence-corrected chi connectivity index (χ4v) is 8.89. The summed E-state index contributed by atoms with van der Waals surface area (Å²) < 4.78 is 0. The van der Waals surface area contributed by atoms with Crippen LogP contribution in [0.25, 0.3) is 0 Å². The van der Waals surface area contributed by atoms with Crippen LogP contribution in [0.4, 0.5) is 5.69 Å². The lowest BCUT2D eigenvalue weighted by Gasteiger charge is -2.59. The summed E-state index contributed by atoms with van der Waals surface area (Å²) in [6.45, 7) is 4.26. The smallest absolute Gasteiger partial charge is 0.218 e. The summed E-state index contributed by atoms with van der Waals surface area (Å²) >= 11 is 0. The molecule has 5 rings (SSSR count). The Kier molecular flexibility index (Phi) is 5.35. The number of hydrogen-bond acceptors (Lipinski definition) is 4. The highest BCUT2D eigenvalue weighted by atomic mass is 16.6. The maximum Gasteiger partial charge on any atom is 0.218 e. The molecule has 1 N–H and O–H groups in total. The van der Waals surface area contributed by atoms with Gasteiger partial charge < -0.3 is 10.0 Å². The summed E-state index contributed by atoms with van der Waals surface area (Å²) in [5.41, 5.74) is 1.84. The molecule has 0 saturated heterocycles. The molecule has 4 saturated carbocycles. The first-order chi connectivity index (χ1) is 15.1. The van der Waals surface area contributed by atoms with Gasteiger partial charge in [-0.15, -0.1) is 0 Å². The van der Waals surface area contributed by atoms with Gasteiger partial charge in [-0.1, -0.05) is 19.1 Å². The third-order valence-corrected chi connectivity index (χ3v) is 10.3. The van der Waals surface area contributed by atoms with Gasteiger partial charge >= 0.3 is 0 Å². The molecule has 9 atom stereocenters. The van der Waals surface area contributed by atoms with Crippen molar-refractivity contribution in [3.05, 3.63) is 39.9 Å². The Hall–Kier alpha value is -1.62. The molecule has 0 heterocycles. The highest BCUT2D eigenvalue weighted by Gasteiger charge is 2.64.